The van der Waals surface area contributed by atoms with Gasteiger partial charge in [0.2, 0.25) is 5.95 Å². The predicted octanol–water partition coefficient (Wildman–Crippen LogP) is 1.60. The van der Waals surface area contributed by atoms with Gasteiger partial charge < -0.3 is 4.90 Å². The predicted molar refractivity (Wildman–Crippen MR) is 75.6 cm³/mol. The summed E-state index contributed by atoms with van der Waals surface area (Å²) in [7, 11) is 0. The lowest BCUT2D eigenvalue weighted by atomic mass is 10.2. The summed E-state index contributed by atoms with van der Waals surface area (Å²) in [5.74, 6) is 0.826. The largest absolute Gasteiger partial charge is 0.338 e. The molecule has 104 valence electrons. The summed E-state index contributed by atoms with van der Waals surface area (Å²) in [6.07, 6.45) is 3.78. The summed E-state index contributed by atoms with van der Waals surface area (Å²) in [5.41, 5.74) is 0.604. The molecule has 0 radical (unpaired) electrons. The van der Waals surface area contributed by atoms with Crippen molar-refractivity contribution in [1.29, 1.82) is 0 Å². The summed E-state index contributed by atoms with van der Waals surface area (Å²) >= 11 is 0. The highest BCUT2D eigenvalue weighted by Gasteiger charge is 2.20. The van der Waals surface area contributed by atoms with Gasteiger partial charge in [-0.3, -0.25) is 9.69 Å². The number of Topliss-reactive ketones (excluding diaryl/α,β-unsaturated/α-hetero) is 1. The van der Waals surface area contributed by atoms with E-state index >= 15 is 0 Å². The van der Waals surface area contributed by atoms with Crippen LogP contribution in [0.25, 0.3) is 0 Å². The SMILES string of the molecule is CCC(=O)c1cnc(N2CCN(C(C)C)CC2)nc1. The minimum Gasteiger partial charge on any atom is -0.338 e. The van der Waals surface area contributed by atoms with Crippen LogP contribution in [0.5, 0.6) is 0 Å². The van der Waals surface area contributed by atoms with Crippen LogP contribution in [-0.4, -0.2) is 52.9 Å². The Morgan fingerprint density at radius 2 is 1.79 bits per heavy atom. The fraction of sp³-hybridized carbons (Fsp3) is 0.643. The van der Waals surface area contributed by atoms with Gasteiger partial charge in [0.05, 0.1) is 5.56 Å². The maximum Gasteiger partial charge on any atom is 0.225 e. The van der Waals surface area contributed by atoms with E-state index in [2.05, 4.69) is 33.6 Å². The molecule has 0 atom stereocenters. The summed E-state index contributed by atoms with van der Waals surface area (Å²) in [6.45, 7) is 10.3. The van der Waals surface area contributed by atoms with Gasteiger partial charge in [0.1, 0.15) is 0 Å². The van der Waals surface area contributed by atoms with Gasteiger partial charge in [-0.15, -0.1) is 0 Å². The Kier molecular flexibility index (Phi) is 4.47. The molecule has 1 fully saturated rings. The molecule has 0 saturated carbocycles. The summed E-state index contributed by atoms with van der Waals surface area (Å²) in [5, 5.41) is 0. The van der Waals surface area contributed by atoms with Gasteiger partial charge in [0.15, 0.2) is 5.78 Å². The normalized spacial score (nSPS) is 16.9. The van der Waals surface area contributed by atoms with Crippen molar-refractivity contribution in [1.82, 2.24) is 14.9 Å². The fourth-order valence-electron chi connectivity index (χ4n) is 2.27. The third-order valence-electron chi connectivity index (χ3n) is 3.61. The Hall–Kier alpha value is -1.49. The van der Waals surface area contributed by atoms with Crippen molar-refractivity contribution in [3.63, 3.8) is 0 Å². The van der Waals surface area contributed by atoms with Crippen LogP contribution in [0.3, 0.4) is 0 Å². The summed E-state index contributed by atoms with van der Waals surface area (Å²) in [6, 6.07) is 0.590. The minimum absolute atomic E-state index is 0.0937. The van der Waals surface area contributed by atoms with Crippen molar-refractivity contribution < 1.29 is 4.79 Å². The Labute approximate surface area is 114 Å². The summed E-state index contributed by atoms with van der Waals surface area (Å²) < 4.78 is 0. The highest BCUT2D eigenvalue weighted by molar-refractivity contribution is 5.95. The van der Waals surface area contributed by atoms with Crippen LogP contribution in [0, 0.1) is 0 Å². The molecule has 5 heteroatoms. The Balaban J connectivity index is 1.98. The van der Waals surface area contributed by atoms with E-state index in [1.54, 1.807) is 12.4 Å². The average Bonchev–Trinajstić information content (AvgIpc) is 2.46. The molecule has 0 N–H and O–H groups in total. The number of nitrogens with zero attached hydrogens (tertiary/aromatic N) is 4. The van der Waals surface area contributed by atoms with Crippen molar-refractivity contribution in [3.8, 4) is 0 Å². The lowest BCUT2D eigenvalue weighted by Crippen LogP contribution is -2.49. The third-order valence-corrected chi connectivity index (χ3v) is 3.61. The smallest absolute Gasteiger partial charge is 0.225 e. The highest BCUT2D eigenvalue weighted by Crippen LogP contribution is 2.12. The molecule has 0 aliphatic carbocycles. The third kappa shape index (κ3) is 3.29. The number of piperazine rings is 1. The molecule has 1 aliphatic heterocycles. The van der Waals surface area contributed by atoms with Crippen molar-refractivity contribution in [3.05, 3.63) is 18.0 Å². The van der Waals surface area contributed by atoms with Crippen LogP contribution in [0.15, 0.2) is 12.4 Å². The second-order valence-corrected chi connectivity index (χ2v) is 5.17. The summed E-state index contributed by atoms with van der Waals surface area (Å²) in [4.78, 5) is 24.8. The molecule has 0 amide bonds. The molecule has 19 heavy (non-hydrogen) atoms. The number of carbonyl (C=O) groups is 1. The van der Waals surface area contributed by atoms with E-state index in [9.17, 15) is 4.79 Å². The molecule has 5 nitrogen and oxygen atoms in total. The van der Waals surface area contributed by atoms with E-state index in [1.165, 1.54) is 0 Å². The molecule has 1 saturated heterocycles. The first-order valence-corrected chi connectivity index (χ1v) is 6.96. The number of ketones is 1. The number of rotatable bonds is 4. The van der Waals surface area contributed by atoms with E-state index in [0.29, 0.717) is 18.0 Å². The van der Waals surface area contributed by atoms with Gasteiger partial charge in [0, 0.05) is 51.0 Å². The van der Waals surface area contributed by atoms with E-state index in [4.69, 9.17) is 0 Å². The quantitative estimate of drug-likeness (QED) is 0.771. The zero-order valence-corrected chi connectivity index (χ0v) is 12.0. The molecule has 1 aromatic heterocycles. The second-order valence-electron chi connectivity index (χ2n) is 5.17. The van der Waals surface area contributed by atoms with Gasteiger partial charge in [-0.1, -0.05) is 6.92 Å². The maximum absolute atomic E-state index is 11.5. The number of hydrogen-bond acceptors (Lipinski definition) is 5. The van der Waals surface area contributed by atoms with Crippen LogP contribution in [0.1, 0.15) is 37.6 Å². The zero-order valence-electron chi connectivity index (χ0n) is 12.0. The minimum atomic E-state index is 0.0937. The van der Waals surface area contributed by atoms with Crippen LogP contribution in [0.4, 0.5) is 5.95 Å². The molecule has 1 aromatic rings. The van der Waals surface area contributed by atoms with Gasteiger partial charge in [-0.25, -0.2) is 9.97 Å². The fourth-order valence-corrected chi connectivity index (χ4v) is 2.27. The van der Waals surface area contributed by atoms with Crippen molar-refractivity contribution in [2.24, 2.45) is 0 Å². The van der Waals surface area contributed by atoms with Gasteiger partial charge in [0.25, 0.3) is 0 Å². The topological polar surface area (TPSA) is 49.3 Å². The maximum atomic E-state index is 11.5. The number of anilines is 1. The lowest BCUT2D eigenvalue weighted by Gasteiger charge is -2.36. The first kappa shape index (κ1) is 13.9. The standard InChI is InChI=1S/C14H22N4O/c1-4-13(19)12-9-15-14(16-10-12)18-7-5-17(6-8-18)11(2)3/h9-11H,4-8H2,1-3H3. The van der Waals surface area contributed by atoms with Crippen LogP contribution < -0.4 is 4.90 Å². The van der Waals surface area contributed by atoms with Crippen molar-refractivity contribution in [2.75, 3.05) is 31.1 Å². The molecular weight excluding hydrogens is 240 g/mol. The monoisotopic (exact) mass is 262 g/mol. The Morgan fingerprint density at radius 1 is 1.21 bits per heavy atom. The molecular formula is C14H22N4O. The number of aromatic nitrogens is 2. The lowest BCUT2D eigenvalue weighted by molar-refractivity contribution is 0.0987. The van der Waals surface area contributed by atoms with E-state index < -0.39 is 0 Å². The first-order chi connectivity index (χ1) is 9.11. The van der Waals surface area contributed by atoms with E-state index in [0.717, 1.165) is 32.1 Å². The Bertz CT molecular complexity index is 422. The van der Waals surface area contributed by atoms with Crippen LogP contribution in [-0.2, 0) is 0 Å². The molecule has 2 rings (SSSR count). The van der Waals surface area contributed by atoms with Crippen LogP contribution in [0.2, 0.25) is 0 Å². The Morgan fingerprint density at radius 3 is 2.26 bits per heavy atom. The molecule has 0 spiro atoms. The second kappa shape index (κ2) is 6.10. The van der Waals surface area contributed by atoms with Crippen LogP contribution >= 0.6 is 0 Å². The van der Waals surface area contributed by atoms with Crippen molar-refractivity contribution in [2.45, 2.75) is 33.2 Å². The first-order valence-electron chi connectivity index (χ1n) is 6.96. The van der Waals surface area contributed by atoms with Gasteiger partial charge in [-0.2, -0.15) is 0 Å². The molecule has 1 aliphatic rings. The molecule has 0 aromatic carbocycles. The number of carbonyl (C=O) groups excluding carboxylic acids is 1. The molecule has 0 unspecified atom stereocenters. The molecule has 0 bridgehead atoms. The van der Waals surface area contributed by atoms with Gasteiger partial charge in [-0.05, 0) is 13.8 Å². The zero-order chi connectivity index (χ0) is 13.8. The van der Waals surface area contributed by atoms with E-state index in [1.807, 2.05) is 6.92 Å². The van der Waals surface area contributed by atoms with Gasteiger partial charge >= 0.3 is 0 Å². The number of hydrogen-bond donors (Lipinski definition) is 0. The highest BCUT2D eigenvalue weighted by atomic mass is 16.1. The average molecular weight is 262 g/mol. The van der Waals surface area contributed by atoms with Crippen molar-refractivity contribution >= 4 is 11.7 Å². The van der Waals surface area contributed by atoms with E-state index in [-0.39, 0.29) is 5.78 Å². The molecule has 2 heterocycles.